The summed E-state index contributed by atoms with van der Waals surface area (Å²) in [6.45, 7) is 13.6. The van der Waals surface area contributed by atoms with Crippen molar-refractivity contribution < 1.29 is 40.6 Å². The Morgan fingerprint density at radius 3 is 1.57 bits per heavy atom. The van der Waals surface area contributed by atoms with Gasteiger partial charge >= 0.3 is 22.1 Å². The highest BCUT2D eigenvalue weighted by atomic mass is 32.3. The first-order chi connectivity index (χ1) is 22.9. The number of ether oxygens (including phenoxy) is 4. The van der Waals surface area contributed by atoms with Gasteiger partial charge in [-0.3, -0.25) is 0 Å². The van der Waals surface area contributed by atoms with Crippen LogP contribution in [0.3, 0.4) is 0 Å². The Kier molecular flexibility index (Phi) is 11.5. The number of benzene rings is 3. The zero-order valence-corrected chi connectivity index (χ0v) is 30.6. The molecule has 49 heavy (non-hydrogen) atoms. The van der Waals surface area contributed by atoms with Gasteiger partial charge in [0.05, 0.1) is 4.90 Å². The molecule has 0 N–H and O–H groups in total. The lowest BCUT2D eigenvalue weighted by molar-refractivity contribution is -0.158. The molecule has 0 aliphatic heterocycles. The van der Waals surface area contributed by atoms with E-state index in [4.69, 9.17) is 22.6 Å². The molecule has 0 aliphatic carbocycles. The van der Waals surface area contributed by atoms with Crippen LogP contribution in [0.2, 0.25) is 0 Å². The van der Waals surface area contributed by atoms with E-state index in [0.717, 1.165) is 5.56 Å². The molecule has 12 heteroatoms. The molecule has 262 valence electrons. The van der Waals surface area contributed by atoms with Crippen molar-refractivity contribution in [2.75, 3.05) is 13.2 Å². The maximum Gasteiger partial charge on any atom is 0.344 e. The average Bonchev–Trinajstić information content (AvgIpc) is 3.01. The van der Waals surface area contributed by atoms with Crippen LogP contribution in [0, 0.1) is 13.8 Å². The Morgan fingerprint density at radius 1 is 0.673 bits per heavy atom. The number of aromatic nitrogens is 1. The molecule has 0 amide bonds. The van der Waals surface area contributed by atoms with E-state index in [2.05, 4.69) is 4.98 Å². The lowest BCUT2D eigenvalue weighted by Gasteiger charge is -2.38. The molecule has 10 nitrogen and oxygen atoms in total. The first kappa shape index (κ1) is 37.4. The second kappa shape index (κ2) is 15.0. The van der Waals surface area contributed by atoms with E-state index in [9.17, 15) is 18.0 Å². The van der Waals surface area contributed by atoms with Gasteiger partial charge in [-0.25, -0.2) is 18.2 Å². The van der Waals surface area contributed by atoms with Gasteiger partial charge in [0.1, 0.15) is 27.7 Å². The summed E-state index contributed by atoms with van der Waals surface area (Å²) in [6.07, 6.45) is 1.57. The third-order valence-electron chi connectivity index (χ3n) is 6.59. The summed E-state index contributed by atoms with van der Waals surface area (Å²) in [5.74, 6) is -0.317. The molecule has 0 aliphatic rings. The number of nitrogens with zero attached hydrogens (tertiary/aromatic N) is 1. The number of carbonyl (C=O) groups is 2. The standard InChI is InChI=1S/C37H43NO9S2/c1-26-12-21-32(27(2)23-26)49(41,42)47-48(33-11-9-10-22-38-33,30-17-13-28(14-18-30)43-24-34(39)45-36(3,4)5)31-19-15-29(16-20-31)44-25-35(40)46-37(6,7)8/h9-23H,24-25H2,1-8H3. The molecule has 4 rings (SSSR count). The van der Waals surface area contributed by atoms with Gasteiger partial charge in [-0.15, -0.1) is 0 Å². The van der Waals surface area contributed by atoms with Crippen molar-refractivity contribution in [3.8, 4) is 11.5 Å². The highest BCUT2D eigenvalue weighted by Crippen LogP contribution is 2.70. The zero-order chi connectivity index (χ0) is 36.0. The summed E-state index contributed by atoms with van der Waals surface area (Å²) in [7, 11) is -7.50. The predicted octanol–water partition coefficient (Wildman–Crippen LogP) is 7.74. The number of rotatable bonds is 12. The lowest BCUT2D eigenvalue weighted by atomic mass is 10.2. The fraction of sp³-hybridized carbons (Fsp3) is 0.324. The number of esters is 2. The Balaban J connectivity index is 1.80. The van der Waals surface area contributed by atoms with Crippen molar-refractivity contribution in [2.24, 2.45) is 0 Å². The monoisotopic (exact) mass is 709 g/mol. The van der Waals surface area contributed by atoms with Crippen LogP contribution >= 0.6 is 10.3 Å². The average molecular weight is 710 g/mol. The summed E-state index contributed by atoms with van der Waals surface area (Å²) in [5.41, 5.74) is 0.116. The van der Waals surface area contributed by atoms with Crippen molar-refractivity contribution in [2.45, 2.75) is 86.3 Å². The molecular formula is C37H43NO9S2. The Labute approximate surface area is 290 Å². The number of aryl methyl sites for hydroxylation is 2. The lowest BCUT2D eigenvalue weighted by Crippen LogP contribution is -2.27. The molecule has 0 fully saturated rings. The molecule has 3 aromatic carbocycles. The van der Waals surface area contributed by atoms with Gasteiger partial charge in [-0.2, -0.15) is 8.42 Å². The number of carbonyl (C=O) groups excluding carboxylic acids is 2. The van der Waals surface area contributed by atoms with E-state index in [0.29, 0.717) is 31.9 Å². The Hall–Kier alpha value is -4.39. The van der Waals surface area contributed by atoms with Crippen LogP contribution < -0.4 is 9.47 Å². The van der Waals surface area contributed by atoms with E-state index >= 15 is 0 Å². The summed E-state index contributed by atoms with van der Waals surface area (Å²) in [4.78, 5) is 30.2. The van der Waals surface area contributed by atoms with Crippen LogP contribution in [-0.2, 0) is 32.8 Å². The minimum atomic E-state index is -4.40. The van der Waals surface area contributed by atoms with E-state index in [1.165, 1.54) is 6.07 Å². The molecule has 0 atom stereocenters. The van der Waals surface area contributed by atoms with Gasteiger partial charge in [0.15, 0.2) is 13.2 Å². The first-order valence-corrected chi connectivity index (χ1v) is 18.5. The third-order valence-corrected chi connectivity index (χ3v) is 11.8. The second-order valence-corrected chi connectivity index (χ2v) is 17.6. The minimum Gasteiger partial charge on any atom is -0.482 e. The number of hydrogen-bond donors (Lipinski definition) is 0. The molecule has 0 unspecified atom stereocenters. The molecule has 1 aromatic heterocycles. The number of hydrogen-bond acceptors (Lipinski definition) is 10. The van der Waals surface area contributed by atoms with Gasteiger partial charge in [-0.1, -0.05) is 23.8 Å². The van der Waals surface area contributed by atoms with Crippen LogP contribution in [0.15, 0.2) is 111 Å². The van der Waals surface area contributed by atoms with E-state index in [-0.39, 0.29) is 18.1 Å². The second-order valence-electron chi connectivity index (χ2n) is 13.2. The molecular weight excluding hydrogens is 667 g/mol. The summed E-state index contributed by atoms with van der Waals surface area (Å²) >= 11 is 0. The summed E-state index contributed by atoms with van der Waals surface area (Å²) in [5, 5.41) is 0.369. The minimum absolute atomic E-state index is 0.0283. The smallest absolute Gasteiger partial charge is 0.344 e. The van der Waals surface area contributed by atoms with Crippen LogP contribution in [0.25, 0.3) is 0 Å². The molecule has 0 saturated carbocycles. The van der Waals surface area contributed by atoms with Crippen LogP contribution in [0.1, 0.15) is 52.7 Å². The van der Waals surface area contributed by atoms with Crippen molar-refractivity contribution in [3.05, 3.63) is 102 Å². The van der Waals surface area contributed by atoms with Gasteiger partial charge in [0.25, 0.3) is 0 Å². The van der Waals surface area contributed by atoms with Gasteiger partial charge in [-0.05, 0) is 138 Å². The van der Waals surface area contributed by atoms with Crippen molar-refractivity contribution in [1.29, 1.82) is 0 Å². The maximum atomic E-state index is 14.2. The Morgan fingerprint density at radius 2 is 1.16 bits per heavy atom. The molecule has 0 saturated heterocycles. The van der Waals surface area contributed by atoms with Crippen molar-refractivity contribution in [1.82, 2.24) is 4.98 Å². The van der Waals surface area contributed by atoms with Crippen LogP contribution in [0.5, 0.6) is 11.5 Å². The van der Waals surface area contributed by atoms with Crippen molar-refractivity contribution in [3.63, 3.8) is 0 Å². The normalized spacial score (nSPS) is 12.6. The Bertz CT molecular complexity index is 1790. The van der Waals surface area contributed by atoms with Gasteiger partial charge in [0, 0.05) is 16.0 Å². The molecule has 4 aromatic rings. The summed E-state index contributed by atoms with van der Waals surface area (Å²) < 4.78 is 57.0. The molecule has 0 spiro atoms. The zero-order valence-electron chi connectivity index (χ0n) is 29.0. The third kappa shape index (κ3) is 10.1. The summed E-state index contributed by atoms with van der Waals surface area (Å²) in [6, 6.07) is 23.5. The molecule has 1 heterocycles. The van der Waals surface area contributed by atoms with E-state index in [1.54, 1.807) is 134 Å². The number of pyridine rings is 1. The first-order valence-electron chi connectivity index (χ1n) is 15.6. The highest BCUT2D eigenvalue weighted by Gasteiger charge is 2.40. The topological polar surface area (TPSA) is 127 Å². The van der Waals surface area contributed by atoms with Crippen LogP contribution in [0.4, 0.5) is 0 Å². The molecule has 0 radical (unpaired) electrons. The van der Waals surface area contributed by atoms with Gasteiger partial charge < -0.3 is 18.9 Å². The predicted molar refractivity (Wildman–Crippen MR) is 186 cm³/mol. The SMILES string of the molecule is Cc1ccc(S(=O)(=O)OS(c2ccc(OCC(=O)OC(C)(C)C)cc2)(c2ccc(OCC(=O)OC(C)(C)C)cc2)c2ccccn2)c(C)c1. The van der Waals surface area contributed by atoms with Crippen molar-refractivity contribution >= 4 is 32.4 Å². The highest BCUT2D eigenvalue weighted by molar-refractivity contribution is 8.33. The van der Waals surface area contributed by atoms with E-state index in [1.807, 2.05) is 6.92 Å². The maximum absolute atomic E-state index is 14.2. The van der Waals surface area contributed by atoms with Gasteiger partial charge in [0.2, 0.25) is 0 Å². The fourth-order valence-electron chi connectivity index (χ4n) is 4.74. The quantitative estimate of drug-likeness (QED) is 0.135. The van der Waals surface area contributed by atoms with Crippen LogP contribution in [-0.4, -0.2) is 49.8 Å². The van der Waals surface area contributed by atoms with E-state index < -0.39 is 43.6 Å². The largest absolute Gasteiger partial charge is 0.482 e. The molecule has 0 bridgehead atoms. The fourth-order valence-corrected chi connectivity index (χ4v) is 9.98.